The number of aromatic nitrogens is 1. The third-order valence-corrected chi connectivity index (χ3v) is 2.99. The smallest absolute Gasteiger partial charge is 0.453 e. The van der Waals surface area contributed by atoms with Gasteiger partial charge in [-0.15, -0.1) is 4.73 Å². The van der Waals surface area contributed by atoms with E-state index in [-0.39, 0.29) is 6.61 Å². The first-order chi connectivity index (χ1) is 9.79. The van der Waals surface area contributed by atoms with E-state index in [1.54, 1.807) is 25.3 Å². The quantitative estimate of drug-likeness (QED) is 0.730. The fourth-order valence-electron chi connectivity index (χ4n) is 2.02. The van der Waals surface area contributed by atoms with E-state index in [2.05, 4.69) is 0 Å². The Kier molecular flexibility index (Phi) is 3.16. The highest BCUT2D eigenvalue weighted by Gasteiger charge is 2.10. The van der Waals surface area contributed by atoms with Crippen molar-refractivity contribution < 1.29 is 14.0 Å². The zero-order valence-corrected chi connectivity index (χ0v) is 10.9. The number of oxazole rings is 1. The summed E-state index contributed by atoms with van der Waals surface area (Å²) < 4.78 is 11.5. The van der Waals surface area contributed by atoms with Gasteiger partial charge in [0.25, 0.3) is 0 Å². The number of ether oxygens (including phenoxy) is 1. The molecule has 5 nitrogen and oxygen atoms in total. The fraction of sp³-hybridized carbons (Fsp3) is 0.133. The zero-order valence-electron chi connectivity index (χ0n) is 10.9. The molecule has 3 rings (SSSR count). The molecule has 0 aliphatic heterocycles. The lowest BCUT2D eigenvalue weighted by Gasteiger charge is -2.09. The second-order valence-electron chi connectivity index (χ2n) is 4.22. The van der Waals surface area contributed by atoms with Crippen LogP contribution in [-0.2, 0) is 6.61 Å². The Morgan fingerprint density at radius 3 is 2.70 bits per heavy atom. The highest BCUT2D eigenvalue weighted by Crippen LogP contribution is 2.18. The van der Waals surface area contributed by atoms with Crippen LogP contribution in [0.15, 0.2) is 57.7 Å². The van der Waals surface area contributed by atoms with Crippen molar-refractivity contribution >= 4 is 11.1 Å². The number of para-hydroxylation sites is 3. The summed E-state index contributed by atoms with van der Waals surface area (Å²) in [5, 5.41) is 0. The molecule has 0 aliphatic carbocycles. The average Bonchev–Trinajstić information content (AvgIpc) is 2.81. The first-order valence-corrected chi connectivity index (χ1v) is 6.15. The van der Waals surface area contributed by atoms with Crippen LogP contribution in [0.25, 0.3) is 11.1 Å². The van der Waals surface area contributed by atoms with Gasteiger partial charge in [-0.25, -0.2) is 4.79 Å². The monoisotopic (exact) mass is 271 g/mol. The minimum Gasteiger partial charge on any atom is -0.496 e. The van der Waals surface area contributed by atoms with Crippen LogP contribution in [0.1, 0.15) is 5.56 Å². The lowest BCUT2D eigenvalue weighted by atomic mass is 10.2. The van der Waals surface area contributed by atoms with Crippen LogP contribution >= 0.6 is 0 Å². The van der Waals surface area contributed by atoms with Crippen LogP contribution in [0.4, 0.5) is 0 Å². The van der Waals surface area contributed by atoms with E-state index >= 15 is 0 Å². The van der Waals surface area contributed by atoms with Crippen molar-refractivity contribution in [2.24, 2.45) is 0 Å². The van der Waals surface area contributed by atoms with Crippen LogP contribution in [-0.4, -0.2) is 11.8 Å². The normalized spacial score (nSPS) is 10.7. The standard InChI is InChI=1S/C15H13NO4/c1-18-13-8-4-2-6-11(13)10-19-16-12-7-3-5-9-14(12)20-15(16)17/h2-9H,10H2,1H3. The maximum atomic E-state index is 11.8. The van der Waals surface area contributed by atoms with Gasteiger partial charge in [0, 0.05) is 5.56 Å². The van der Waals surface area contributed by atoms with E-state index in [0.29, 0.717) is 16.8 Å². The van der Waals surface area contributed by atoms with Gasteiger partial charge in [-0.05, 0) is 18.2 Å². The number of hydrogen-bond acceptors (Lipinski definition) is 4. The molecule has 0 radical (unpaired) electrons. The molecule has 0 aliphatic rings. The molecular weight excluding hydrogens is 258 g/mol. The predicted octanol–water partition coefficient (Wildman–Crippen LogP) is 2.23. The highest BCUT2D eigenvalue weighted by atomic mass is 16.7. The van der Waals surface area contributed by atoms with Gasteiger partial charge in [0.1, 0.15) is 17.9 Å². The lowest BCUT2D eigenvalue weighted by molar-refractivity contribution is 0.0883. The van der Waals surface area contributed by atoms with Gasteiger partial charge < -0.3 is 14.0 Å². The summed E-state index contributed by atoms with van der Waals surface area (Å²) in [6, 6.07) is 14.6. The molecule has 102 valence electrons. The second kappa shape index (κ2) is 5.13. The molecule has 0 N–H and O–H groups in total. The minimum atomic E-state index is -0.541. The second-order valence-corrected chi connectivity index (χ2v) is 4.22. The first-order valence-electron chi connectivity index (χ1n) is 6.15. The molecular formula is C15H13NO4. The van der Waals surface area contributed by atoms with Gasteiger partial charge in [-0.1, -0.05) is 30.3 Å². The fourth-order valence-corrected chi connectivity index (χ4v) is 2.02. The summed E-state index contributed by atoms with van der Waals surface area (Å²) in [4.78, 5) is 17.3. The van der Waals surface area contributed by atoms with Gasteiger partial charge in [-0.3, -0.25) is 0 Å². The lowest BCUT2D eigenvalue weighted by Crippen LogP contribution is -2.22. The van der Waals surface area contributed by atoms with Crippen molar-refractivity contribution in [2.45, 2.75) is 6.61 Å². The number of hydrogen-bond donors (Lipinski definition) is 0. The molecule has 0 saturated heterocycles. The van der Waals surface area contributed by atoms with E-state index in [1.165, 1.54) is 0 Å². The van der Waals surface area contributed by atoms with Crippen molar-refractivity contribution in [1.29, 1.82) is 0 Å². The van der Waals surface area contributed by atoms with Crippen LogP contribution in [0.3, 0.4) is 0 Å². The molecule has 1 heterocycles. The van der Waals surface area contributed by atoms with Crippen molar-refractivity contribution in [1.82, 2.24) is 4.73 Å². The van der Waals surface area contributed by atoms with Crippen LogP contribution < -0.4 is 15.3 Å². The highest BCUT2D eigenvalue weighted by molar-refractivity contribution is 5.72. The van der Waals surface area contributed by atoms with Gasteiger partial charge >= 0.3 is 5.76 Å². The Morgan fingerprint density at radius 2 is 1.85 bits per heavy atom. The van der Waals surface area contributed by atoms with Crippen LogP contribution in [0, 0.1) is 0 Å². The van der Waals surface area contributed by atoms with E-state index in [0.717, 1.165) is 10.3 Å². The summed E-state index contributed by atoms with van der Waals surface area (Å²) in [7, 11) is 1.60. The Balaban J connectivity index is 1.91. The molecule has 1 aromatic heterocycles. The molecule has 5 heteroatoms. The summed E-state index contributed by atoms with van der Waals surface area (Å²) in [6.45, 7) is 0.216. The Labute approximate surface area is 114 Å². The van der Waals surface area contributed by atoms with Crippen molar-refractivity contribution in [2.75, 3.05) is 7.11 Å². The van der Waals surface area contributed by atoms with E-state index in [4.69, 9.17) is 14.0 Å². The SMILES string of the molecule is COc1ccccc1COn1c(=O)oc2ccccc21. The molecule has 20 heavy (non-hydrogen) atoms. The third-order valence-electron chi connectivity index (χ3n) is 2.99. The van der Waals surface area contributed by atoms with Crippen molar-refractivity contribution in [3.05, 3.63) is 64.6 Å². The molecule has 0 bridgehead atoms. The molecule has 0 amide bonds. The Bertz CT molecular complexity index is 788. The maximum Gasteiger partial charge on any atom is 0.453 e. The molecule has 0 fully saturated rings. The topological polar surface area (TPSA) is 53.6 Å². The molecule has 2 aromatic carbocycles. The zero-order chi connectivity index (χ0) is 13.9. The number of nitrogens with zero attached hydrogens (tertiary/aromatic N) is 1. The Hall–Kier alpha value is -2.69. The summed E-state index contributed by atoms with van der Waals surface area (Å²) in [5.74, 6) is 0.175. The van der Waals surface area contributed by atoms with Crippen molar-refractivity contribution in [3.8, 4) is 5.75 Å². The largest absolute Gasteiger partial charge is 0.496 e. The van der Waals surface area contributed by atoms with Crippen LogP contribution in [0.5, 0.6) is 5.75 Å². The minimum absolute atomic E-state index is 0.216. The maximum absolute atomic E-state index is 11.8. The average molecular weight is 271 g/mol. The summed E-state index contributed by atoms with van der Waals surface area (Å²) in [6.07, 6.45) is 0. The first kappa shape index (κ1) is 12.3. The number of fused-ring (bicyclic) bond motifs is 1. The van der Waals surface area contributed by atoms with Crippen molar-refractivity contribution in [3.63, 3.8) is 0 Å². The summed E-state index contributed by atoms with van der Waals surface area (Å²) in [5.41, 5.74) is 1.96. The van der Waals surface area contributed by atoms with Crippen LogP contribution in [0.2, 0.25) is 0 Å². The third kappa shape index (κ3) is 2.14. The number of rotatable bonds is 4. The Morgan fingerprint density at radius 1 is 1.10 bits per heavy atom. The number of benzene rings is 2. The summed E-state index contributed by atoms with van der Waals surface area (Å²) >= 11 is 0. The van der Waals surface area contributed by atoms with Gasteiger partial charge in [-0.2, -0.15) is 0 Å². The molecule has 0 unspecified atom stereocenters. The van der Waals surface area contributed by atoms with Gasteiger partial charge in [0.05, 0.1) is 7.11 Å². The van der Waals surface area contributed by atoms with Gasteiger partial charge in [0.15, 0.2) is 5.58 Å². The molecule has 0 spiro atoms. The van der Waals surface area contributed by atoms with E-state index in [1.807, 2.05) is 30.3 Å². The number of methoxy groups -OCH3 is 1. The van der Waals surface area contributed by atoms with E-state index < -0.39 is 5.76 Å². The van der Waals surface area contributed by atoms with Gasteiger partial charge in [0.2, 0.25) is 0 Å². The predicted molar refractivity (Wildman–Crippen MR) is 73.8 cm³/mol. The van der Waals surface area contributed by atoms with E-state index in [9.17, 15) is 4.79 Å². The molecule has 0 saturated carbocycles. The molecule has 0 atom stereocenters. The molecule has 3 aromatic rings.